The third kappa shape index (κ3) is 3.75. The molecule has 0 aromatic carbocycles. The molecule has 1 aromatic heterocycles. The van der Waals surface area contributed by atoms with E-state index in [9.17, 15) is 9.59 Å². The number of nitrogens with zero attached hydrogens (tertiary/aromatic N) is 2. The third-order valence-electron chi connectivity index (χ3n) is 4.39. The largest absolute Gasteiger partial charge is 0.377 e. The summed E-state index contributed by atoms with van der Waals surface area (Å²) < 4.78 is 5.70. The Morgan fingerprint density at radius 2 is 2.14 bits per heavy atom. The highest BCUT2D eigenvalue weighted by Crippen LogP contribution is 2.15. The summed E-state index contributed by atoms with van der Waals surface area (Å²) in [6, 6.07) is 2.99. The molecule has 1 N–H and O–H groups in total. The van der Waals surface area contributed by atoms with E-state index in [-0.39, 0.29) is 11.5 Å². The molecule has 1 atom stereocenters. The molecule has 6 heteroatoms. The molecule has 2 aliphatic rings. The van der Waals surface area contributed by atoms with Crippen molar-refractivity contribution in [2.45, 2.75) is 25.4 Å². The second-order valence-electron chi connectivity index (χ2n) is 6.02. The normalized spacial score (nSPS) is 23.5. The molecule has 0 spiro atoms. The van der Waals surface area contributed by atoms with Crippen molar-refractivity contribution in [2.24, 2.45) is 0 Å². The quantitative estimate of drug-likeness (QED) is 0.893. The van der Waals surface area contributed by atoms with Gasteiger partial charge in [-0.25, -0.2) is 0 Å². The van der Waals surface area contributed by atoms with Crippen LogP contribution in [-0.4, -0.2) is 66.1 Å². The summed E-state index contributed by atoms with van der Waals surface area (Å²) in [5, 5.41) is 0. The zero-order valence-electron chi connectivity index (χ0n) is 12.8. The standard InChI is InChI=1S/C16H23N3O3/c20-15-5-4-13(11-17-15)16(21)19-7-2-6-18(8-9-19)12-14-3-1-10-22-14/h4-5,11,14H,1-3,6-10,12H2,(H,17,20)/t14-/m0/s1. The Morgan fingerprint density at radius 3 is 2.86 bits per heavy atom. The summed E-state index contributed by atoms with van der Waals surface area (Å²) >= 11 is 0. The van der Waals surface area contributed by atoms with Gasteiger partial charge in [-0.05, 0) is 31.9 Å². The molecule has 2 saturated heterocycles. The number of carbonyl (C=O) groups is 1. The second-order valence-corrected chi connectivity index (χ2v) is 6.02. The van der Waals surface area contributed by atoms with E-state index in [0.717, 1.165) is 58.6 Å². The molecule has 22 heavy (non-hydrogen) atoms. The van der Waals surface area contributed by atoms with Gasteiger partial charge in [0.2, 0.25) is 5.56 Å². The zero-order valence-corrected chi connectivity index (χ0v) is 12.8. The number of aromatic nitrogens is 1. The van der Waals surface area contributed by atoms with Crippen LogP contribution in [0.2, 0.25) is 0 Å². The van der Waals surface area contributed by atoms with Crippen molar-refractivity contribution < 1.29 is 9.53 Å². The lowest BCUT2D eigenvalue weighted by Gasteiger charge is -2.24. The van der Waals surface area contributed by atoms with Crippen molar-refractivity contribution in [3.63, 3.8) is 0 Å². The van der Waals surface area contributed by atoms with Gasteiger partial charge in [0.25, 0.3) is 5.91 Å². The molecule has 0 unspecified atom stereocenters. The number of hydrogen-bond donors (Lipinski definition) is 1. The van der Waals surface area contributed by atoms with E-state index in [1.54, 1.807) is 6.07 Å². The zero-order chi connectivity index (χ0) is 15.4. The number of H-pyrrole nitrogens is 1. The van der Waals surface area contributed by atoms with Crippen molar-refractivity contribution in [3.05, 3.63) is 34.2 Å². The van der Waals surface area contributed by atoms with E-state index in [4.69, 9.17) is 4.74 Å². The molecule has 6 nitrogen and oxygen atoms in total. The molecule has 3 heterocycles. The lowest BCUT2D eigenvalue weighted by Crippen LogP contribution is -2.37. The van der Waals surface area contributed by atoms with Crippen LogP contribution in [0.3, 0.4) is 0 Å². The number of pyridine rings is 1. The average Bonchev–Trinajstić information content (AvgIpc) is 2.92. The maximum Gasteiger partial charge on any atom is 0.255 e. The Labute approximate surface area is 130 Å². The van der Waals surface area contributed by atoms with Gasteiger partial charge in [0.1, 0.15) is 0 Å². The van der Waals surface area contributed by atoms with Crippen molar-refractivity contribution >= 4 is 5.91 Å². The number of hydrogen-bond acceptors (Lipinski definition) is 4. The number of nitrogens with one attached hydrogen (secondary N) is 1. The third-order valence-corrected chi connectivity index (χ3v) is 4.39. The molecule has 120 valence electrons. The van der Waals surface area contributed by atoms with Gasteiger partial charge in [-0.2, -0.15) is 0 Å². The molecule has 1 aromatic rings. The number of aromatic amines is 1. The van der Waals surface area contributed by atoms with Crippen molar-refractivity contribution in [2.75, 3.05) is 39.3 Å². The van der Waals surface area contributed by atoms with Gasteiger partial charge in [-0.1, -0.05) is 0 Å². The fraction of sp³-hybridized carbons (Fsp3) is 0.625. The van der Waals surface area contributed by atoms with Gasteiger partial charge in [0.05, 0.1) is 11.7 Å². The Bertz CT molecular complexity index is 546. The minimum absolute atomic E-state index is 0.00443. The van der Waals surface area contributed by atoms with E-state index in [1.165, 1.54) is 12.3 Å². The molecule has 2 aliphatic heterocycles. The van der Waals surface area contributed by atoms with Gasteiger partial charge in [-0.15, -0.1) is 0 Å². The Morgan fingerprint density at radius 1 is 1.23 bits per heavy atom. The number of ether oxygens (including phenoxy) is 1. The van der Waals surface area contributed by atoms with Gasteiger partial charge in [0.15, 0.2) is 0 Å². The summed E-state index contributed by atoms with van der Waals surface area (Å²) in [6.45, 7) is 5.24. The molecule has 1 amide bonds. The van der Waals surface area contributed by atoms with E-state index >= 15 is 0 Å². The first-order valence-corrected chi connectivity index (χ1v) is 8.04. The van der Waals surface area contributed by atoms with Crippen LogP contribution < -0.4 is 5.56 Å². The Hall–Kier alpha value is -1.66. The van der Waals surface area contributed by atoms with Crippen LogP contribution in [0.15, 0.2) is 23.1 Å². The van der Waals surface area contributed by atoms with E-state index in [2.05, 4.69) is 9.88 Å². The highest BCUT2D eigenvalue weighted by molar-refractivity contribution is 5.93. The molecule has 0 radical (unpaired) electrons. The van der Waals surface area contributed by atoms with Gasteiger partial charge in [0, 0.05) is 45.0 Å². The first-order valence-electron chi connectivity index (χ1n) is 8.04. The van der Waals surface area contributed by atoms with E-state index in [0.29, 0.717) is 11.7 Å². The summed E-state index contributed by atoms with van der Waals surface area (Å²) in [6.07, 6.45) is 5.15. The van der Waals surface area contributed by atoms with Crippen LogP contribution in [-0.2, 0) is 4.74 Å². The van der Waals surface area contributed by atoms with Gasteiger partial charge in [-0.3, -0.25) is 14.5 Å². The summed E-state index contributed by atoms with van der Waals surface area (Å²) in [7, 11) is 0. The van der Waals surface area contributed by atoms with Gasteiger partial charge < -0.3 is 14.6 Å². The first-order chi connectivity index (χ1) is 10.7. The maximum absolute atomic E-state index is 12.5. The fourth-order valence-corrected chi connectivity index (χ4v) is 3.16. The fourth-order valence-electron chi connectivity index (χ4n) is 3.16. The predicted molar refractivity (Wildman–Crippen MR) is 83.0 cm³/mol. The van der Waals surface area contributed by atoms with Crippen LogP contribution in [0.4, 0.5) is 0 Å². The number of amides is 1. The van der Waals surface area contributed by atoms with Crippen molar-refractivity contribution in [3.8, 4) is 0 Å². The van der Waals surface area contributed by atoms with E-state index < -0.39 is 0 Å². The average molecular weight is 305 g/mol. The highest BCUT2D eigenvalue weighted by Gasteiger charge is 2.23. The summed E-state index contributed by atoms with van der Waals surface area (Å²) in [4.78, 5) is 30.4. The predicted octanol–water partition coefficient (Wildman–Crippen LogP) is 0.702. The minimum atomic E-state index is -0.185. The maximum atomic E-state index is 12.5. The number of carbonyl (C=O) groups excluding carboxylic acids is 1. The van der Waals surface area contributed by atoms with Crippen LogP contribution in [0.1, 0.15) is 29.6 Å². The van der Waals surface area contributed by atoms with Crippen LogP contribution in [0, 0.1) is 0 Å². The van der Waals surface area contributed by atoms with Crippen molar-refractivity contribution in [1.29, 1.82) is 0 Å². The van der Waals surface area contributed by atoms with Crippen LogP contribution in [0.5, 0.6) is 0 Å². The van der Waals surface area contributed by atoms with Crippen LogP contribution >= 0.6 is 0 Å². The van der Waals surface area contributed by atoms with Crippen LogP contribution in [0.25, 0.3) is 0 Å². The SMILES string of the molecule is O=C(c1ccc(=O)[nH]c1)N1CCCN(C[C@@H]2CCCO2)CC1. The first kappa shape index (κ1) is 15.2. The molecule has 2 fully saturated rings. The van der Waals surface area contributed by atoms with Crippen molar-refractivity contribution in [1.82, 2.24) is 14.8 Å². The topological polar surface area (TPSA) is 65.6 Å². The Balaban J connectivity index is 1.56. The molecular weight excluding hydrogens is 282 g/mol. The summed E-state index contributed by atoms with van der Waals surface area (Å²) in [5.74, 6) is -0.00443. The minimum Gasteiger partial charge on any atom is -0.377 e. The Kier molecular flexibility index (Phi) is 4.90. The van der Waals surface area contributed by atoms with Gasteiger partial charge >= 0.3 is 0 Å². The summed E-state index contributed by atoms with van der Waals surface area (Å²) in [5.41, 5.74) is 0.363. The number of rotatable bonds is 3. The lowest BCUT2D eigenvalue weighted by molar-refractivity contribution is 0.0704. The second kappa shape index (κ2) is 7.07. The molecular formula is C16H23N3O3. The molecule has 3 rings (SSSR count). The molecule has 0 saturated carbocycles. The monoisotopic (exact) mass is 305 g/mol. The lowest BCUT2D eigenvalue weighted by atomic mass is 10.2. The van der Waals surface area contributed by atoms with E-state index in [1.807, 2.05) is 4.90 Å². The molecule has 0 bridgehead atoms. The molecule has 0 aliphatic carbocycles. The highest BCUT2D eigenvalue weighted by atomic mass is 16.5. The smallest absolute Gasteiger partial charge is 0.255 e.